The molecule has 8 nitrogen and oxygen atoms in total. The Hall–Kier alpha value is -4.31. The molecule has 160 valence electrons. The topological polar surface area (TPSA) is 119 Å². The predicted molar refractivity (Wildman–Crippen MR) is 110 cm³/mol. The Morgan fingerprint density at radius 2 is 1.78 bits per heavy atom. The highest BCUT2D eigenvalue weighted by Gasteiger charge is 2.52. The number of para-hydroxylation sites is 1. The molecule has 2 amide bonds. The zero-order valence-corrected chi connectivity index (χ0v) is 16.1. The number of hydrogen-bond acceptors (Lipinski definition) is 4. The van der Waals surface area contributed by atoms with Crippen LogP contribution in [0.2, 0.25) is 0 Å². The lowest BCUT2D eigenvalue weighted by Gasteiger charge is -2.35. The van der Waals surface area contributed by atoms with Gasteiger partial charge in [0.2, 0.25) is 5.95 Å². The number of H-pyrrole nitrogens is 1. The number of carbonyl (C=O) groups is 2. The predicted octanol–water partition coefficient (Wildman–Crippen LogP) is 3.78. The zero-order valence-electron chi connectivity index (χ0n) is 16.1. The second-order valence-corrected chi connectivity index (χ2v) is 7.18. The first-order valence-corrected chi connectivity index (χ1v) is 9.41. The first-order chi connectivity index (χ1) is 15.3. The van der Waals surface area contributed by atoms with E-state index in [1.807, 2.05) is 0 Å². The van der Waals surface area contributed by atoms with Crippen molar-refractivity contribution in [3.63, 3.8) is 0 Å². The second kappa shape index (κ2) is 6.86. The maximum absolute atomic E-state index is 14.7. The molecule has 4 N–H and O–H groups in total. The van der Waals surface area contributed by atoms with Crippen molar-refractivity contribution in [2.45, 2.75) is 5.72 Å². The van der Waals surface area contributed by atoms with E-state index in [2.05, 4.69) is 15.3 Å². The number of nitrogens with one attached hydrogen (secondary N) is 2. The summed E-state index contributed by atoms with van der Waals surface area (Å²) in [7, 11) is 0. The molecule has 0 aliphatic carbocycles. The van der Waals surface area contributed by atoms with Crippen molar-refractivity contribution in [3.8, 4) is 0 Å². The molecule has 0 saturated carbocycles. The number of imidazole rings is 1. The van der Waals surface area contributed by atoms with Crippen LogP contribution in [0.1, 0.15) is 21.5 Å². The molecule has 10 heteroatoms. The summed E-state index contributed by atoms with van der Waals surface area (Å²) in [6.45, 7) is 0. The Labute approximate surface area is 178 Å². The van der Waals surface area contributed by atoms with Gasteiger partial charge < -0.3 is 15.2 Å². The van der Waals surface area contributed by atoms with E-state index < -0.39 is 35.0 Å². The number of hydrogen-bond donors (Lipinski definition) is 4. The van der Waals surface area contributed by atoms with Crippen molar-refractivity contribution in [2.75, 3.05) is 10.2 Å². The van der Waals surface area contributed by atoms with Crippen LogP contribution in [0.15, 0.2) is 60.7 Å². The Bertz CT molecular complexity index is 1400. The Balaban J connectivity index is 1.75. The molecule has 3 aromatic carbocycles. The van der Waals surface area contributed by atoms with Gasteiger partial charge in [-0.15, -0.1) is 0 Å². The van der Waals surface area contributed by atoms with Gasteiger partial charge in [-0.1, -0.05) is 30.3 Å². The lowest BCUT2D eigenvalue weighted by Crippen LogP contribution is -2.46. The van der Waals surface area contributed by atoms with E-state index in [1.165, 1.54) is 30.3 Å². The number of aliphatic hydroxyl groups is 1. The standard InChI is InChI=1S/C22H14F2N4O4/c23-14-6-3-7-15(24)18(14)28-19(29)12-4-1-2-5-13(12)22(28,32)11-8-9-16-17(10-11)26-20(25-16)27-21(30)31/h1-10,32H,(H,30,31)(H2,25,26,27). The number of benzene rings is 3. The Morgan fingerprint density at radius 3 is 2.50 bits per heavy atom. The Kier molecular flexibility index (Phi) is 4.21. The van der Waals surface area contributed by atoms with Crippen molar-refractivity contribution in [1.82, 2.24) is 9.97 Å². The minimum Gasteiger partial charge on any atom is -0.465 e. The molecular formula is C22H14F2N4O4. The number of halogens is 2. The van der Waals surface area contributed by atoms with Gasteiger partial charge in [0.05, 0.1) is 11.0 Å². The van der Waals surface area contributed by atoms with Gasteiger partial charge in [0.15, 0.2) is 5.72 Å². The van der Waals surface area contributed by atoms with E-state index in [9.17, 15) is 23.5 Å². The monoisotopic (exact) mass is 436 g/mol. The number of carbonyl (C=O) groups excluding carboxylic acids is 1. The molecule has 0 bridgehead atoms. The Morgan fingerprint density at radius 1 is 1.06 bits per heavy atom. The number of aromatic nitrogens is 2. The summed E-state index contributed by atoms with van der Waals surface area (Å²) < 4.78 is 29.4. The molecule has 1 atom stereocenters. The third-order valence-electron chi connectivity index (χ3n) is 5.33. The molecule has 0 fully saturated rings. The summed E-state index contributed by atoms with van der Waals surface area (Å²) in [4.78, 5) is 31.7. The lowest BCUT2D eigenvalue weighted by atomic mass is 9.93. The minimum atomic E-state index is -2.25. The zero-order chi connectivity index (χ0) is 22.6. The van der Waals surface area contributed by atoms with Crippen molar-refractivity contribution in [2.24, 2.45) is 0 Å². The number of fused-ring (bicyclic) bond motifs is 2. The van der Waals surface area contributed by atoms with E-state index in [0.29, 0.717) is 10.4 Å². The molecule has 32 heavy (non-hydrogen) atoms. The number of anilines is 2. The van der Waals surface area contributed by atoms with Gasteiger partial charge in [-0.3, -0.25) is 15.0 Å². The highest BCUT2D eigenvalue weighted by atomic mass is 19.1. The summed E-state index contributed by atoms with van der Waals surface area (Å²) in [5.41, 5.74) is -1.87. The third-order valence-corrected chi connectivity index (χ3v) is 5.33. The summed E-state index contributed by atoms with van der Waals surface area (Å²) in [5, 5.41) is 22.9. The molecule has 0 saturated heterocycles. The number of amides is 2. The average Bonchev–Trinajstić information content (AvgIpc) is 3.25. The van der Waals surface area contributed by atoms with Gasteiger partial charge >= 0.3 is 6.09 Å². The number of aromatic amines is 1. The van der Waals surface area contributed by atoms with Crippen LogP contribution in [-0.2, 0) is 5.72 Å². The fourth-order valence-corrected chi connectivity index (χ4v) is 4.00. The molecule has 0 radical (unpaired) electrons. The van der Waals surface area contributed by atoms with Crippen LogP contribution in [0.25, 0.3) is 11.0 Å². The average molecular weight is 436 g/mol. The molecule has 2 heterocycles. The molecule has 5 rings (SSSR count). The molecular weight excluding hydrogens is 422 g/mol. The maximum atomic E-state index is 14.7. The van der Waals surface area contributed by atoms with E-state index in [0.717, 1.165) is 18.2 Å². The van der Waals surface area contributed by atoms with E-state index in [1.54, 1.807) is 12.1 Å². The van der Waals surface area contributed by atoms with Gasteiger partial charge in [-0.2, -0.15) is 0 Å². The normalized spacial score (nSPS) is 17.6. The van der Waals surface area contributed by atoms with Crippen LogP contribution < -0.4 is 10.2 Å². The fraction of sp³-hybridized carbons (Fsp3) is 0.0455. The van der Waals surface area contributed by atoms with Gasteiger partial charge in [0, 0.05) is 16.7 Å². The largest absolute Gasteiger partial charge is 0.465 e. The van der Waals surface area contributed by atoms with Crippen molar-refractivity contribution in [1.29, 1.82) is 0 Å². The molecule has 1 unspecified atom stereocenters. The highest BCUT2D eigenvalue weighted by Crippen LogP contribution is 2.46. The SMILES string of the molecule is O=C(O)Nc1nc2cc(C3(O)c4ccccc4C(=O)N3c3c(F)cccc3F)ccc2[nH]1. The van der Waals surface area contributed by atoms with E-state index in [4.69, 9.17) is 5.11 Å². The van der Waals surface area contributed by atoms with E-state index >= 15 is 0 Å². The molecule has 1 aromatic heterocycles. The van der Waals surface area contributed by atoms with Crippen LogP contribution in [0.5, 0.6) is 0 Å². The second-order valence-electron chi connectivity index (χ2n) is 7.18. The first-order valence-electron chi connectivity index (χ1n) is 9.41. The third kappa shape index (κ3) is 2.73. The summed E-state index contributed by atoms with van der Waals surface area (Å²) >= 11 is 0. The van der Waals surface area contributed by atoms with Crippen LogP contribution in [0.3, 0.4) is 0 Å². The van der Waals surface area contributed by atoms with Crippen LogP contribution >= 0.6 is 0 Å². The molecule has 0 spiro atoms. The smallest absolute Gasteiger partial charge is 0.411 e. The van der Waals surface area contributed by atoms with Crippen molar-refractivity contribution >= 4 is 34.7 Å². The van der Waals surface area contributed by atoms with Crippen molar-refractivity contribution in [3.05, 3.63) is 89.0 Å². The minimum absolute atomic E-state index is 0.0449. The van der Waals surface area contributed by atoms with Gasteiger partial charge in [0.25, 0.3) is 5.91 Å². The first kappa shape index (κ1) is 19.6. The van der Waals surface area contributed by atoms with Gasteiger partial charge in [0.1, 0.15) is 17.3 Å². The van der Waals surface area contributed by atoms with Crippen LogP contribution in [-0.4, -0.2) is 32.2 Å². The molecule has 1 aliphatic heterocycles. The van der Waals surface area contributed by atoms with Gasteiger partial charge in [-0.05, 0) is 30.3 Å². The summed E-state index contributed by atoms with van der Waals surface area (Å²) in [6.07, 6.45) is -1.32. The van der Waals surface area contributed by atoms with Crippen LogP contribution in [0, 0.1) is 11.6 Å². The summed E-state index contributed by atoms with van der Waals surface area (Å²) in [6, 6.07) is 13.7. The molecule has 1 aliphatic rings. The summed E-state index contributed by atoms with van der Waals surface area (Å²) in [5.74, 6) is -2.85. The quantitative estimate of drug-likeness (QED) is 0.390. The lowest BCUT2D eigenvalue weighted by molar-refractivity contribution is 0.0693. The van der Waals surface area contributed by atoms with Gasteiger partial charge in [-0.25, -0.2) is 18.6 Å². The maximum Gasteiger partial charge on any atom is 0.411 e. The number of rotatable bonds is 3. The fourth-order valence-electron chi connectivity index (χ4n) is 4.00. The van der Waals surface area contributed by atoms with E-state index in [-0.39, 0.29) is 28.2 Å². The number of carboxylic acid groups (broad SMARTS) is 1. The number of nitrogens with zero attached hydrogens (tertiary/aromatic N) is 2. The molecule has 4 aromatic rings. The van der Waals surface area contributed by atoms with Crippen molar-refractivity contribution < 1.29 is 28.6 Å². The highest BCUT2D eigenvalue weighted by molar-refractivity contribution is 6.12. The van der Waals surface area contributed by atoms with Crippen LogP contribution in [0.4, 0.5) is 25.2 Å².